The minimum atomic E-state index is -0.560. The second-order valence-corrected chi connectivity index (χ2v) is 6.08. The molecule has 0 aliphatic heterocycles. The van der Waals surface area contributed by atoms with E-state index in [4.69, 9.17) is 16.3 Å². The second-order valence-electron chi connectivity index (χ2n) is 5.61. The van der Waals surface area contributed by atoms with Gasteiger partial charge in [0.15, 0.2) is 5.78 Å². The van der Waals surface area contributed by atoms with Crippen molar-refractivity contribution in [2.24, 2.45) is 0 Å². The highest BCUT2D eigenvalue weighted by atomic mass is 35.5. The van der Waals surface area contributed by atoms with Crippen molar-refractivity contribution >= 4 is 23.5 Å². The Bertz CT molecular complexity index is 727. The lowest BCUT2D eigenvalue weighted by molar-refractivity contribution is -0.116. The van der Waals surface area contributed by atoms with E-state index in [1.54, 1.807) is 13.3 Å². The Hall–Kier alpha value is -2.13. The number of ketones is 1. The molecule has 0 radical (unpaired) electrons. The lowest BCUT2D eigenvalue weighted by Gasteiger charge is -2.27. The van der Waals surface area contributed by atoms with Gasteiger partial charge in [0.05, 0.1) is 7.11 Å². The van der Waals surface area contributed by atoms with Gasteiger partial charge < -0.3 is 4.74 Å². The number of Topliss-reactive ketones (excluding diaryl/α,β-unsaturated/α-hetero) is 1. The number of methoxy groups -OCH3 is 1. The fraction of sp³-hybridized carbons (Fsp3) is 0.263. The van der Waals surface area contributed by atoms with Crippen molar-refractivity contribution in [3.8, 4) is 5.75 Å². The summed E-state index contributed by atoms with van der Waals surface area (Å²) in [6, 6.07) is 13.4. The highest BCUT2D eigenvalue weighted by molar-refractivity contribution is 6.35. The van der Waals surface area contributed by atoms with Crippen molar-refractivity contribution < 1.29 is 9.53 Å². The summed E-state index contributed by atoms with van der Waals surface area (Å²) in [6.07, 6.45) is 5.19. The van der Waals surface area contributed by atoms with Crippen LogP contribution in [0.25, 0.3) is 6.08 Å². The monoisotopic (exact) mass is 327 g/mol. The van der Waals surface area contributed by atoms with Crippen LogP contribution in [-0.4, -0.2) is 23.3 Å². The molecule has 1 saturated carbocycles. The topological polar surface area (TPSA) is 39.2 Å². The molecule has 1 aliphatic carbocycles. The van der Waals surface area contributed by atoms with Gasteiger partial charge in [-0.25, -0.2) is 0 Å². The molecule has 1 fully saturated rings. The van der Waals surface area contributed by atoms with E-state index in [2.05, 4.69) is 4.98 Å². The summed E-state index contributed by atoms with van der Waals surface area (Å²) in [5, 5.41) is -0.560. The van der Waals surface area contributed by atoms with E-state index in [0.29, 0.717) is 6.42 Å². The lowest BCUT2D eigenvalue weighted by Crippen LogP contribution is -2.30. The fourth-order valence-corrected chi connectivity index (χ4v) is 3.30. The van der Waals surface area contributed by atoms with Gasteiger partial charge in [-0.3, -0.25) is 9.78 Å². The molecule has 0 N–H and O–H groups in total. The molecular weight excluding hydrogens is 310 g/mol. The quantitative estimate of drug-likeness (QED) is 0.625. The Morgan fingerprint density at radius 2 is 2.13 bits per heavy atom. The third-order valence-corrected chi connectivity index (χ3v) is 4.65. The molecule has 0 spiro atoms. The number of nitrogens with zero attached hydrogens (tertiary/aromatic N) is 1. The third kappa shape index (κ3) is 3.45. The summed E-state index contributed by atoms with van der Waals surface area (Å²) in [5.74, 6) is 0.751. The van der Waals surface area contributed by atoms with Gasteiger partial charge in [-0.2, -0.15) is 0 Å². The standard InChI is InChI=1S/C19H18ClNO2/c1-23-15-6-4-5-13(12-15)11-14-8-9-16(18(20)19(14)22)17-7-2-3-10-21-17/h2-7,10-12,16,18H,8-9H2,1H3. The van der Waals surface area contributed by atoms with Crippen LogP contribution in [0.4, 0.5) is 0 Å². The summed E-state index contributed by atoms with van der Waals surface area (Å²) < 4.78 is 5.22. The van der Waals surface area contributed by atoms with Crippen LogP contribution in [0.3, 0.4) is 0 Å². The molecule has 118 valence electrons. The minimum absolute atomic E-state index is 0.00334. The van der Waals surface area contributed by atoms with Crippen molar-refractivity contribution in [2.45, 2.75) is 24.1 Å². The molecule has 1 aliphatic rings. The molecular formula is C19H18ClNO2. The number of carbonyl (C=O) groups excluding carboxylic acids is 1. The Labute approximate surface area is 141 Å². The van der Waals surface area contributed by atoms with Crippen LogP contribution in [-0.2, 0) is 4.79 Å². The molecule has 1 aromatic carbocycles. The van der Waals surface area contributed by atoms with Gasteiger partial charge in [0.25, 0.3) is 0 Å². The number of pyridine rings is 1. The number of aromatic nitrogens is 1. The predicted octanol–water partition coefficient (Wildman–Crippen LogP) is 4.23. The van der Waals surface area contributed by atoms with E-state index in [1.807, 2.05) is 48.5 Å². The van der Waals surface area contributed by atoms with Gasteiger partial charge in [-0.1, -0.05) is 18.2 Å². The van der Waals surface area contributed by atoms with Crippen molar-refractivity contribution in [2.75, 3.05) is 7.11 Å². The summed E-state index contributed by atoms with van der Waals surface area (Å²) in [5.41, 5.74) is 2.61. The molecule has 1 aromatic heterocycles. The van der Waals surface area contributed by atoms with E-state index in [9.17, 15) is 4.79 Å². The van der Waals surface area contributed by atoms with Gasteiger partial charge in [0, 0.05) is 17.8 Å². The molecule has 3 rings (SSSR count). The van der Waals surface area contributed by atoms with Crippen LogP contribution >= 0.6 is 11.6 Å². The molecule has 2 atom stereocenters. The number of benzene rings is 1. The van der Waals surface area contributed by atoms with E-state index in [0.717, 1.165) is 29.0 Å². The van der Waals surface area contributed by atoms with Crippen LogP contribution in [0.15, 0.2) is 54.2 Å². The van der Waals surface area contributed by atoms with Crippen LogP contribution in [0, 0.1) is 0 Å². The summed E-state index contributed by atoms with van der Waals surface area (Å²) in [6.45, 7) is 0. The number of allylic oxidation sites excluding steroid dienone is 1. The second kappa shape index (κ2) is 6.97. The zero-order valence-corrected chi connectivity index (χ0v) is 13.7. The van der Waals surface area contributed by atoms with E-state index in [-0.39, 0.29) is 11.7 Å². The highest BCUT2D eigenvalue weighted by Crippen LogP contribution is 2.36. The first-order valence-electron chi connectivity index (χ1n) is 7.63. The number of ether oxygens (including phenoxy) is 1. The molecule has 0 amide bonds. The molecule has 3 nitrogen and oxygen atoms in total. The van der Waals surface area contributed by atoms with Gasteiger partial charge >= 0.3 is 0 Å². The van der Waals surface area contributed by atoms with Crippen molar-refractivity contribution in [1.29, 1.82) is 0 Å². The van der Waals surface area contributed by atoms with E-state index >= 15 is 0 Å². The minimum Gasteiger partial charge on any atom is -0.497 e. The maximum atomic E-state index is 12.6. The molecule has 0 saturated heterocycles. The number of rotatable bonds is 3. The Kier molecular flexibility index (Phi) is 4.77. The number of hydrogen-bond acceptors (Lipinski definition) is 3. The first-order chi connectivity index (χ1) is 11.2. The Balaban J connectivity index is 1.82. The average Bonchev–Trinajstić information content (AvgIpc) is 2.60. The maximum Gasteiger partial charge on any atom is 0.177 e. The Morgan fingerprint density at radius 1 is 1.26 bits per heavy atom. The first-order valence-corrected chi connectivity index (χ1v) is 8.06. The number of alkyl halides is 1. The molecule has 1 heterocycles. The number of halogens is 1. The lowest BCUT2D eigenvalue weighted by atomic mass is 9.81. The van der Waals surface area contributed by atoms with Crippen molar-refractivity contribution in [1.82, 2.24) is 4.98 Å². The van der Waals surface area contributed by atoms with Crippen LogP contribution in [0.2, 0.25) is 0 Å². The van der Waals surface area contributed by atoms with Crippen LogP contribution in [0.5, 0.6) is 5.75 Å². The zero-order chi connectivity index (χ0) is 16.2. The van der Waals surface area contributed by atoms with Crippen molar-refractivity contribution in [3.05, 3.63) is 65.5 Å². The molecule has 0 bridgehead atoms. The molecule has 23 heavy (non-hydrogen) atoms. The summed E-state index contributed by atoms with van der Waals surface area (Å²) in [7, 11) is 1.63. The van der Waals surface area contributed by atoms with Gasteiger partial charge in [-0.05, 0) is 54.3 Å². The highest BCUT2D eigenvalue weighted by Gasteiger charge is 2.34. The zero-order valence-electron chi connectivity index (χ0n) is 12.9. The Morgan fingerprint density at radius 3 is 2.87 bits per heavy atom. The van der Waals surface area contributed by atoms with Crippen LogP contribution < -0.4 is 4.74 Å². The molecule has 4 heteroatoms. The average molecular weight is 328 g/mol. The number of hydrogen-bond donors (Lipinski definition) is 0. The molecule has 2 aromatic rings. The normalized spacial score (nSPS) is 23.0. The number of carbonyl (C=O) groups is 1. The first kappa shape index (κ1) is 15.8. The largest absolute Gasteiger partial charge is 0.497 e. The maximum absolute atomic E-state index is 12.6. The van der Waals surface area contributed by atoms with Crippen molar-refractivity contribution in [3.63, 3.8) is 0 Å². The smallest absolute Gasteiger partial charge is 0.177 e. The van der Waals surface area contributed by atoms with E-state index in [1.165, 1.54) is 0 Å². The van der Waals surface area contributed by atoms with Crippen LogP contribution in [0.1, 0.15) is 30.0 Å². The SMILES string of the molecule is COc1cccc(C=C2CCC(c3ccccn3)C(Cl)C2=O)c1. The fourth-order valence-electron chi connectivity index (χ4n) is 2.91. The molecule has 2 unspecified atom stereocenters. The third-order valence-electron chi connectivity index (χ3n) is 4.15. The predicted molar refractivity (Wildman–Crippen MR) is 91.8 cm³/mol. The van der Waals surface area contributed by atoms with Gasteiger partial charge in [-0.15, -0.1) is 11.6 Å². The summed E-state index contributed by atoms with van der Waals surface area (Å²) >= 11 is 6.43. The summed E-state index contributed by atoms with van der Waals surface area (Å²) in [4.78, 5) is 17.0. The van der Waals surface area contributed by atoms with Gasteiger partial charge in [0.2, 0.25) is 0 Å². The van der Waals surface area contributed by atoms with E-state index < -0.39 is 5.38 Å². The van der Waals surface area contributed by atoms with Gasteiger partial charge in [0.1, 0.15) is 11.1 Å².